The van der Waals surface area contributed by atoms with Gasteiger partial charge in [-0.15, -0.1) is 0 Å². The normalized spacial score (nSPS) is 13.7. The quantitative estimate of drug-likeness (QED) is 0.201. The van der Waals surface area contributed by atoms with Crippen LogP contribution in [0.3, 0.4) is 0 Å². The van der Waals surface area contributed by atoms with Crippen molar-refractivity contribution in [2.45, 2.75) is 26.2 Å². The zero-order valence-corrected chi connectivity index (χ0v) is 19.4. The minimum atomic E-state index is 0.00144. The summed E-state index contributed by atoms with van der Waals surface area (Å²) in [6.07, 6.45) is 2.05. The van der Waals surface area contributed by atoms with Crippen molar-refractivity contribution < 1.29 is 4.57 Å². The molecule has 5 aromatic rings. The first-order valence-corrected chi connectivity index (χ1v) is 11.6. The van der Waals surface area contributed by atoms with Crippen LogP contribution in [-0.2, 0) is 5.41 Å². The molecule has 1 nitrogen and oxygen atoms in total. The summed E-state index contributed by atoms with van der Waals surface area (Å²) in [6.45, 7) is 6.86. The minimum Gasteiger partial charge on any atom is -0.332 e. The molecule has 0 spiro atoms. The Morgan fingerprint density at radius 2 is 1.36 bits per heavy atom. The van der Waals surface area contributed by atoms with Gasteiger partial charge in [-0.25, -0.2) is 0 Å². The average Bonchev–Trinajstić information content (AvgIpc) is 3.06. The fourth-order valence-electron chi connectivity index (χ4n) is 5.50. The first-order valence-electron chi connectivity index (χ1n) is 11.6. The highest BCUT2D eigenvalue weighted by Crippen LogP contribution is 2.49. The van der Waals surface area contributed by atoms with E-state index in [0.717, 1.165) is 5.69 Å². The molecule has 0 unspecified atom stereocenters. The topological polar surface area (TPSA) is 3.88 Å². The second-order valence-corrected chi connectivity index (χ2v) is 9.68. The third-order valence-electron chi connectivity index (χ3n) is 7.35. The van der Waals surface area contributed by atoms with Crippen molar-refractivity contribution in [1.29, 1.82) is 0 Å². The Hall–Kier alpha value is -3.84. The van der Waals surface area contributed by atoms with Gasteiger partial charge in [0.1, 0.15) is 5.69 Å². The lowest BCUT2D eigenvalue weighted by molar-refractivity contribution is -0.599. The minimum absolute atomic E-state index is 0.00144. The van der Waals surface area contributed by atoms with Gasteiger partial charge in [0.25, 0.3) is 0 Å². The van der Waals surface area contributed by atoms with Gasteiger partial charge in [0, 0.05) is 12.5 Å². The number of rotatable bonds is 2. The molecule has 0 radical (unpaired) electrons. The number of aryl methyl sites for hydroxylation is 1. The maximum Gasteiger partial charge on any atom is 0.120 e. The van der Waals surface area contributed by atoms with Crippen molar-refractivity contribution in [3.63, 3.8) is 0 Å². The van der Waals surface area contributed by atoms with Crippen LogP contribution in [0.15, 0.2) is 97.2 Å². The summed E-state index contributed by atoms with van der Waals surface area (Å²) in [4.78, 5) is 0. The zero-order valence-electron chi connectivity index (χ0n) is 19.4. The van der Waals surface area contributed by atoms with E-state index in [1.807, 2.05) is 4.57 Å². The van der Waals surface area contributed by atoms with Crippen molar-refractivity contribution in [1.82, 2.24) is 0 Å². The zero-order chi connectivity index (χ0) is 22.7. The number of hydrogen-bond acceptors (Lipinski definition) is 0. The lowest BCUT2D eigenvalue weighted by atomic mass is 9.81. The van der Waals surface area contributed by atoms with Gasteiger partial charge in [-0.3, -0.25) is 0 Å². The van der Waals surface area contributed by atoms with Gasteiger partial charge < -0.3 is 4.57 Å². The van der Waals surface area contributed by atoms with Crippen LogP contribution >= 0.6 is 0 Å². The van der Waals surface area contributed by atoms with E-state index in [1.165, 1.54) is 55.3 Å². The van der Waals surface area contributed by atoms with E-state index in [9.17, 15) is 0 Å². The molecule has 1 aliphatic carbocycles. The molecule has 0 N–H and O–H groups in total. The molecule has 0 saturated heterocycles. The highest BCUT2D eigenvalue weighted by molar-refractivity contribution is 5.94. The maximum atomic E-state index is 4.30. The summed E-state index contributed by atoms with van der Waals surface area (Å²) in [7, 11) is 4.30. The SMILES string of the molecule is [CH2-][n+]1ccc2ccccc2c1-c1cc(-c2ccc3c(c2)C(C)(C)c2ccccc2-3)ccc1C. The van der Waals surface area contributed by atoms with E-state index in [2.05, 4.69) is 125 Å². The lowest BCUT2D eigenvalue weighted by Gasteiger charge is -2.22. The largest absolute Gasteiger partial charge is 0.332 e. The molecule has 160 valence electrons. The Bertz CT molecular complexity index is 1550. The monoisotopic (exact) mass is 425 g/mol. The summed E-state index contributed by atoms with van der Waals surface area (Å²) >= 11 is 0. The van der Waals surface area contributed by atoms with Gasteiger partial charge >= 0.3 is 0 Å². The van der Waals surface area contributed by atoms with Crippen LogP contribution < -0.4 is 4.57 Å². The summed E-state index contributed by atoms with van der Waals surface area (Å²) in [5.41, 5.74) is 11.7. The molecule has 0 aliphatic heterocycles. The molecular formula is C32H27N. The van der Waals surface area contributed by atoms with Gasteiger partial charge in [-0.05, 0) is 74.3 Å². The highest BCUT2D eigenvalue weighted by atomic mass is 14.9. The third-order valence-corrected chi connectivity index (χ3v) is 7.35. The Labute approximate surface area is 196 Å². The summed E-state index contributed by atoms with van der Waals surface area (Å²) in [5.74, 6) is 0. The molecule has 0 amide bonds. The number of nitrogens with zero attached hydrogens (tertiary/aromatic N) is 1. The number of pyridine rings is 1. The Morgan fingerprint density at radius 3 is 2.24 bits per heavy atom. The van der Waals surface area contributed by atoms with Crippen molar-refractivity contribution in [2.75, 3.05) is 0 Å². The molecule has 0 saturated carbocycles. The molecular weight excluding hydrogens is 398 g/mol. The van der Waals surface area contributed by atoms with Crippen LogP contribution in [-0.4, -0.2) is 0 Å². The van der Waals surface area contributed by atoms with Crippen LogP contribution in [0.4, 0.5) is 0 Å². The fraction of sp³-hybridized carbons (Fsp3) is 0.125. The molecule has 33 heavy (non-hydrogen) atoms. The first kappa shape index (κ1) is 19.8. The Balaban J connectivity index is 1.53. The molecule has 0 bridgehead atoms. The number of benzene rings is 4. The van der Waals surface area contributed by atoms with E-state index in [0.29, 0.717) is 0 Å². The average molecular weight is 426 g/mol. The third kappa shape index (κ3) is 2.93. The standard InChI is InChI=1S/C32H27N/c1-21-13-14-23(19-28(21)31-25-10-6-5-9-22(25)17-18-33(31)4)24-15-16-27-26-11-7-8-12-29(26)32(2,3)30(27)20-24/h5-20H,4H2,1-3H3. The van der Waals surface area contributed by atoms with Crippen molar-refractivity contribution in [3.8, 4) is 33.5 Å². The predicted molar refractivity (Wildman–Crippen MR) is 138 cm³/mol. The van der Waals surface area contributed by atoms with Gasteiger partial charge in [-0.1, -0.05) is 92.7 Å². The molecule has 4 aromatic carbocycles. The van der Waals surface area contributed by atoms with Crippen molar-refractivity contribution >= 4 is 10.8 Å². The molecule has 0 fully saturated rings. The molecule has 1 heterocycles. The van der Waals surface area contributed by atoms with E-state index < -0.39 is 0 Å². The van der Waals surface area contributed by atoms with Gasteiger partial charge in [0.05, 0.1) is 6.20 Å². The molecule has 1 heteroatoms. The van der Waals surface area contributed by atoms with Crippen LogP contribution in [0.5, 0.6) is 0 Å². The van der Waals surface area contributed by atoms with Crippen LogP contribution in [0.1, 0.15) is 30.5 Å². The maximum absolute atomic E-state index is 4.30. The summed E-state index contributed by atoms with van der Waals surface area (Å²) in [5, 5.41) is 2.45. The molecule has 0 atom stereocenters. The van der Waals surface area contributed by atoms with Crippen LogP contribution in [0, 0.1) is 14.0 Å². The summed E-state index contributed by atoms with van der Waals surface area (Å²) in [6, 6.07) is 33.3. The van der Waals surface area contributed by atoms with Gasteiger partial charge in [0.15, 0.2) is 0 Å². The Kier molecular flexibility index (Phi) is 4.25. The molecule has 1 aliphatic rings. The van der Waals surface area contributed by atoms with E-state index in [4.69, 9.17) is 0 Å². The molecule has 1 aromatic heterocycles. The van der Waals surface area contributed by atoms with E-state index in [1.54, 1.807) is 0 Å². The van der Waals surface area contributed by atoms with E-state index in [-0.39, 0.29) is 5.41 Å². The second-order valence-electron chi connectivity index (χ2n) is 9.68. The predicted octanol–water partition coefficient (Wildman–Crippen LogP) is 7.72. The van der Waals surface area contributed by atoms with Crippen LogP contribution in [0.2, 0.25) is 0 Å². The van der Waals surface area contributed by atoms with Crippen molar-refractivity contribution in [2.24, 2.45) is 0 Å². The number of hydrogen-bond donors (Lipinski definition) is 0. The first-order chi connectivity index (χ1) is 15.9. The summed E-state index contributed by atoms with van der Waals surface area (Å²) < 4.78 is 2.00. The van der Waals surface area contributed by atoms with Gasteiger partial charge in [-0.2, -0.15) is 0 Å². The fourth-order valence-corrected chi connectivity index (χ4v) is 5.50. The second kappa shape index (κ2) is 7.08. The molecule has 6 rings (SSSR count). The number of fused-ring (bicyclic) bond motifs is 4. The smallest absolute Gasteiger partial charge is 0.120 e. The van der Waals surface area contributed by atoms with Crippen LogP contribution in [0.25, 0.3) is 44.3 Å². The van der Waals surface area contributed by atoms with Gasteiger partial charge in [0.2, 0.25) is 0 Å². The Morgan fingerprint density at radius 1 is 0.667 bits per heavy atom. The van der Waals surface area contributed by atoms with Crippen molar-refractivity contribution in [3.05, 3.63) is 121 Å². The lowest BCUT2D eigenvalue weighted by Crippen LogP contribution is -2.28. The number of aromatic nitrogens is 1. The van der Waals surface area contributed by atoms with E-state index >= 15 is 0 Å². The highest BCUT2D eigenvalue weighted by Gasteiger charge is 2.35.